The Morgan fingerprint density at radius 2 is 2.17 bits per heavy atom. The van der Waals surface area contributed by atoms with Crippen LogP contribution in [0, 0.1) is 12.3 Å². The van der Waals surface area contributed by atoms with Crippen molar-refractivity contribution in [3.63, 3.8) is 0 Å². The lowest BCUT2D eigenvalue weighted by atomic mass is 9.73. The van der Waals surface area contributed by atoms with E-state index >= 15 is 0 Å². The molecule has 1 aromatic rings. The highest BCUT2D eigenvalue weighted by atomic mass is 15.3. The Bertz CT molecular complexity index is 406. The molecule has 1 saturated carbocycles. The van der Waals surface area contributed by atoms with Crippen LogP contribution in [0.25, 0.3) is 0 Å². The summed E-state index contributed by atoms with van der Waals surface area (Å²) < 4.78 is 1.91. The SMILES string of the molecule is Cc1nn(C)cc1C(C)NC1CCCCC1(C)C. The summed E-state index contributed by atoms with van der Waals surface area (Å²) in [4.78, 5) is 0. The molecule has 0 spiro atoms. The zero-order valence-electron chi connectivity index (χ0n) is 12.5. The van der Waals surface area contributed by atoms with Crippen molar-refractivity contribution in [3.05, 3.63) is 17.5 Å². The summed E-state index contributed by atoms with van der Waals surface area (Å²) in [6, 6.07) is 1.02. The lowest BCUT2D eigenvalue weighted by Crippen LogP contribution is -2.45. The van der Waals surface area contributed by atoms with E-state index in [1.807, 2.05) is 11.7 Å². The summed E-state index contributed by atoms with van der Waals surface area (Å²) in [5, 5.41) is 8.26. The lowest BCUT2D eigenvalue weighted by molar-refractivity contribution is 0.157. The highest BCUT2D eigenvalue weighted by molar-refractivity contribution is 5.19. The van der Waals surface area contributed by atoms with Crippen molar-refractivity contribution in [1.82, 2.24) is 15.1 Å². The van der Waals surface area contributed by atoms with Gasteiger partial charge >= 0.3 is 0 Å². The molecule has 0 bridgehead atoms. The predicted molar refractivity (Wildman–Crippen MR) is 75.5 cm³/mol. The summed E-state index contributed by atoms with van der Waals surface area (Å²) in [6.07, 6.45) is 7.52. The fraction of sp³-hybridized carbons (Fsp3) is 0.800. The highest BCUT2D eigenvalue weighted by Gasteiger charge is 2.33. The monoisotopic (exact) mass is 249 g/mol. The van der Waals surface area contributed by atoms with Crippen molar-refractivity contribution >= 4 is 0 Å². The first-order chi connectivity index (χ1) is 8.40. The van der Waals surface area contributed by atoms with E-state index in [4.69, 9.17) is 0 Å². The minimum Gasteiger partial charge on any atom is -0.307 e. The smallest absolute Gasteiger partial charge is 0.0641 e. The Kier molecular flexibility index (Phi) is 3.81. The molecule has 1 aliphatic carbocycles. The second-order valence-electron chi connectivity index (χ2n) is 6.52. The average molecular weight is 249 g/mol. The molecule has 0 aliphatic heterocycles. The Morgan fingerprint density at radius 3 is 2.72 bits per heavy atom. The van der Waals surface area contributed by atoms with E-state index in [-0.39, 0.29) is 0 Å². The fourth-order valence-corrected chi connectivity index (χ4v) is 3.24. The van der Waals surface area contributed by atoms with Gasteiger partial charge < -0.3 is 5.32 Å². The zero-order valence-corrected chi connectivity index (χ0v) is 12.5. The highest BCUT2D eigenvalue weighted by Crippen LogP contribution is 2.36. The van der Waals surface area contributed by atoms with Crippen molar-refractivity contribution in [2.45, 2.75) is 65.5 Å². The van der Waals surface area contributed by atoms with E-state index in [1.54, 1.807) is 0 Å². The topological polar surface area (TPSA) is 29.9 Å². The van der Waals surface area contributed by atoms with Crippen LogP contribution in [0.1, 0.15) is 63.8 Å². The van der Waals surface area contributed by atoms with E-state index in [9.17, 15) is 0 Å². The van der Waals surface area contributed by atoms with Gasteiger partial charge in [-0.2, -0.15) is 5.10 Å². The Hall–Kier alpha value is -0.830. The Labute approximate surface area is 111 Å². The molecular weight excluding hydrogens is 222 g/mol. The molecule has 2 rings (SSSR count). The second kappa shape index (κ2) is 5.04. The van der Waals surface area contributed by atoms with Crippen molar-refractivity contribution in [2.24, 2.45) is 12.5 Å². The normalized spacial score (nSPS) is 25.1. The zero-order chi connectivity index (χ0) is 13.3. The molecule has 1 aliphatic rings. The van der Waals surface area contributed by atoms with Crippen LogP contribution in [0.5, 0.6) is 0 Å². The average Bonchev–Trinajstić information content (AvgIpc) is 2.61. The van der Waals surface area contributed by atoms with Gasteiger partial charge in [-0.1, -0.05) is 26.7 Å². The quantitative estimate of drug-likeness (QED) is 0.890. The van der Waals surface area contributed by atoms with Crippen LogP contribution in [-0.4, -0.2) is 15.8 Å². The van der Waals surface area contributed by atoms with Crippen molar-refractivity contribution in [2.75, 3.05) is 0 Å². The third-order valence-corrected chi connectivity index (χ3v) is 4.48. The van der Waals surface area contributed by atoms with Gasteiger partial charge in [0.25, 0.3) is 0 Å². The maximum Gasteiger partial charge on any atom is 0.0641 e. The standard InChI is InChI=1S/C15H27N3/c1-11(13-10-18(5)17-12(13)2)16-14-8-6-7-9-15(14,3)4/h10-11,14,16H,6-9H2,1-5H3. The van der Waals surface area contributed by atoms with Gasteiger partial charge in [0.15, 0.2) is 0 Å². The number of aromatic nitrogens is 2. The van der Waals surface area contributed by atoms with Crippen LogP contribution in [0.15, 0.2) is 6.20 Å². The van der Waals surface area contributed by atoms with Gasteiger partial charge in [-0.05, 0) is 32.1 Å². The van der Waals surface area contributed by atoms with Crippen molar-refractivity contribution < 1.29 is 0 Å². The molecule has 0 radical (unpaired) electrons. The summed E-state index contributed by atoms with van der Waals surface area (Å²) in [5.74, 6) is 0. The van der Waals surface area contributed by atoms with Gasteiger partial charge in [0, 0.05) is 30.9 Å². The first-order valence-electron chi connectivity index (χ1n) is 7.16. The number of aryl methyl sites for hydroxylation is 2. The molecular formula is C15H27N3. The van der Waals surface area contributed by atoms with Gasteiger partial charge in [-0.25, -0.2) is 0 Å². The van der Waals surface area contributed by atoms with Crippen LogP contribution >= 0.6 is 0 Å². The van der Waals surface area contributed by atoms with Crippen LogP contribution in [0.4, 0.5) is 0 Å². The molecule has 3 heteroatoms. The summed E-state index contributed by atoms with van der Waals surface area (Å²) in [6.45, 7) is 9.15. The minimum absolute atomic E-state index is 0.390. The number of nitrogens with one attached hydrogen (secondary N) is 1. The van der Waals surface area contributed by atoms with E-state index in [1.165, 1.54) is 31.2 Å². The molecule has 2 atom stereocenters. The van der Waals surface area contributed by atoms with E-state index < -0.39 is 0 Å². The molecule has 1 aromatic heterocycles. The largest absolute Gasteiger partial charge is 0.307 e. The summed E-state index contributed by atoms with van der Waals surface area (Å²) in [5.41, 5.74) is 2.90. The number of hydrogen-bond acceptors (Lipinski definition) is 2. The van der Waals surface area contributed by atoms with Crippen LogP contribution < -0.4 is 5.32 Å². The van der Waals surface area contributed by atoms with Crippen LogP contribution in [0.2, 0.25) is 0 Å². The number of rotatable bonds is 3. The molecule has 1 N–H and O–H groups in total. The third-order valence-electron chi connectivity index (χ3n) is 4.48. The first kappa shape index (κ1) is 13.6. The summed E-state index contributed by atoms with van der Waals surface area (Å²) >= 11 is 0. The molecule has 2 unspecified atom stereocenters. The maximum absolute atomic E-state index is 4.44. The van der Waals surface area contributed by atoms with Gasteiger partial charge in [0.2, 0.25) is 0 Å². The lowest BCUT2D eigenvalue weighted by Gasteiger charge is -2.40. The number of nitrogens with zero attached hydrogens (tertiary/aromatic N) is 2. The molecule has 0 saturated heterocycles. The van der Waals surface area contributed by atoms with Gasteiger partial charge in [-0.15, -0.1) is 0 Å². The van der Waals surface area contributed by atoms with E-state index in [0.717, 1.165) is 5.69 Å². The molecule has 102 valence electrons. The van der Waals surface area contributed by atoms with Crippen molar-refractivity contribution in [1.29, 1.82) is 0 Å². The maximum atomic E-state index is 4.44. The Balaban J connectivity index is 2.06. The van der Waals surface area contributed by atoms with Crippen LogP contribution in [0.3, 0.4) is 0 Å². The minimum atomic E-state index is 0.390. The molecule has 3 nitrogen and oxygen atoms in total. The molecule has 1 heterocycles. The molecule has 1 fully saturated rings. The predicted octanol–water partition coefficient (Wildman–Crippen LogP) is 3.35. The van der Waals surface area contributed by atoms with Gasteiger partial charge in [0.1, 0.15) is 0 Å². The third kappa shape index (κ3) is 2.77. The van der Waals surface area contributed by atoms with Crippen LogP contribution in [-0.2, 0) is 7.05 Å². The molecule has 18 heavy (non-hydrogen) atoms. The van der Waals surface area contributed by atoms with Gasteiger partial charge in [0.05, 0.1) is 5.69 Å². The van der Waals surface area contributed by atoms with Crippen molar-refractivity contribution in [3.8, 4) is 0 Å². The Morgan fingerprint density at radius 1 is 1.44 bits per heavy atom. The molecule has 0 amide bonds. The first-order valence-corrected chi connectivity index (χ1v) is 7.16. The molecule has 0 aromatic carbocycles. The van der Waals surface area contributed by atoms with E-state index in [2.05, 4.69) is 44.3 Å². The fourth-order valence-electron chi connectivity index (χ4n) is 3.24. The summed E-state index contributed by atoms with van der Waals surface area (Å²) in [7, 11) is 1.99. The van der Waals surface area contributed by atoms with E-state index in [0.29, 0.717) is 17.5 Å². The second-order valence-corrected chi connectivity index (χ2v) is 6.52. The number of hydrogen-bond donors (Lipinski definition) is 1. The van der Waals surface area contributed by atoms with Gasteiger partial charge in [-0.3, -0.25) is 4.68 Å².